The number of halogens is 1. The van der Waals surface area contributed by atoms with Crippen molar-refractivity contribution in [1.82, 2.24) is 0 Å². The van der Waals surface area contributed by atoms with E-state index in [0.717, 1.165) is 10.0 Å². The van der Waals surface area contributed by atoms with Crippen LogP contribution in [0.5, 0.6) is 0 Å². The molecule has 96 valence electrons. The highest BCUT2D eigenvalue weighted by atomic mass is 79.9. The quantitative estimate of drug-likeness (QED) is 0.634. The van der Waals surface area contributed by atoms with Gasteiger partial charge in [-0.2, -0.15) is 0 Å². The largest absolute Gasteiger partial charge is 0.465 e. The molecule has 0 spiro atoms. The first-order chi connectivity index (χ1) is 9.19. The predicted molar refractivity (Wildman–Crippen MR) is 79.2 cm³/mol. The van der Waals surface area contributed by atoms with E-state index < -0.39 is 0 Å². The summed E-state index contributed by atoms with van der Waals surface area (Å²) in [5.41, 5.74) is 2.20. The van der Waals surface area contributed by atoms with Gasteiger partial charge < -0.3 is 4.74 Å². The van der Waals surface area contributed by atoms with E-state index in [1.165, 1.54) is 7.11 Å². The van der Waals surface area contributed by atoms with Crippen molar-refractivity contribution < 1.29 is 9.53 Å². The lowest BCUT2D eigenvalue weighted by atomic mass is 10.2. The molecule has 4 heteroatoms. The van der Waals surface area contributed by atoms with Crippen molar-refractivity contribution in [2.75, 3.05) is 7.11 Å². The summed E-state index contributed by atoms with van der Waals surface area (Å²) in [4.78, 5) is 15.7. The number of carbonyl (C=O) groups excluding carboxylic acids is 1. The molecule has 2 aromatic rings. The van der Waals surface area contributed by atoms with Gasteiger partial charge in [0.05, 0.1) is 18.4 Å². The van der Waals surface area contributed by atoms with Crippen LogP contribution in [-0.4, -0.2) is 19.3 Å². The number of benzene rings is 2. The Hall–Kier alpha value is -1.94. The monoisotopic (exact) mass is 317 g/mol. The molecule has 0 saturated carbocycles. The minimum absolute atomic E-state index is 0.360. The summed E-state index contributed by atoms with van der Waals surface area (Å²) in [6.45, 7) is 0. The van der Waals surface area contributed by atoms with Crippen LogP contribution in [0, 0.1) is 0 Å². The van der Waals surface area contributed by atoms with Crippen molar-refractivity contribution in [1.29, 1.82) is 0 Å². The Morgan fingerprint density at radius 2 is 1.95 bits per heavy atom. The summed E-state index contributed by atoms with van der Waals surface area (Å²) < 4.78 is 5.70. The van der Waals surface area contributed by atoms with Crippen LogP contribution in [0.1, 0.15) is 15.9 Å². The average molecular weight is 318 g/mol. The van der Waals surface area contributed by atoms with Crippen molar-refractivity contribution in [3.05, 3.63) is 64.1 Å². The molecule has 0 aromatic heterocycles. The van der Waals surface area contributed by atoms with E-state index in [4.69, 9.17) is 0 Å². The van der Waals surface area contributed by atoms with Gasteiger partial charge in [0.25, 0.3) is 0 Å². The van der Waals surface area contributed by atoms with E-state index in [-0.39, 0.29) is 5.97 Å². The van der Waals surface area contributed by atoms with Crippen molar-refractivity contribution in [3.8, 4) is 0 Å². The first kappa shape index (κ1) is 13.5. The molecule has 19 heavy (non-hydrogen) atoms. The molecule has 0 heterocycles. The molecule has 0 aliphatic carbocycles. The summed E-state index contributed by atoms with van der Waals surface area (Å²) in [5.74, 6) is -0.360. The summed E-state index contributed by atoms with van der Waals surface area (Å²) in [6, 6.07) is 14.8. The van der Waals surface area contributed by atoms with Gasteiger partial charge in [0.2, 0.25) is 0 Å². The Labute approximate surface area is 120 Å². The van der Waals surface area contributed by atoms with Crippen LogP contribution < -0.4 is 0 Å². The smallest absolute Gasteiger partial charge is 0.337 e. The van der Waals surface area contributed by atoms with Crippen LogP contribution in [0.25, 0.3) is 0 Å². The van der Waals surface area contributed by atoms with E-state index >= 15 is 0 Å². The van der Waals surface area contributed by atoms with E-state index in [0.29, 0.717) is 11.3 Å². The van der Waals surface area contributed by atoms with Gasteiger partial charge in [-0.1, -0.05) is 34.1 Å². The second kappa shape index (κ2) is 6.29. The molecule has 0 aliphatic heterocycles. The van der Waals surface area contributed by atoms with Gasteiger partial charge in [-0.15, -0.1) is 0 Å². The minimum atomic E-state index is -0.360. The summed E-state index contributed by atoms with van der Waals surface area (Å²) in [6.07, 6.45) is 1.75. The lowest BCUT2D eigenvalue weighted by molar-refractivity contribution is 0.0601. The Morgan fingerprint density at radius 1 is 1.21 bits per heavy atom. The first-order valence-corrected chi connectivity index (χ1v) is 6.46. The highest BCUT2D eigenvalue weighted by Gasteiger charge is 2.04. The van der Waals surface area contributed by atoms with Gasteiger partial charge >= 0.3 is 5.97 Å². The maximum Gasteiger partial charge on any atom is 0.337 e. The number of hydrogen-bond acceptors (Lipinski definition) is 3. The number of hydrogen-bond donors (Lipinski definition) is 0. The molecule has 0 bridgehead atoms. The fourth-order valence-electron chi connectivity index (χ4n) is 1.53. The highest BCUT2D eigenvalue weighted by molar-refractivity contribution is 9.10. The van der Waals surface area contributed by atoms with Crippen LogP contribution in [0.3, 0.4) is 0 Å². The summed E-state index contributed by atoms with van der Waals surface area (Å²) in [7, 11) is 1.36. The Morgan fingerprint density at radius 3 is 2.63 bits per heavy atom. The number of methoxy groups -OCH3 is 1. The van der Waals surface area contributed by atoms with E-state index in [2.05, 4.69) is 25.7 Å². The SMILES string of the molecule is COC(=O)c1cccc(N=Cc2ccc(Br)cc2)c1. The molecule has 0 fully saturated rings. The number of esters is 1. The lowest BCUT2D eigenvalue weighted by Crippen LogP contribution is -1.99. The molecular formula is C15H12BrNO2. The number of aliphatic imine (C=N–C) groups is 1. The second-order valence-electron chi connectivity index (χ2n) is 3.85. The average Bonchev–Trinajstić information content (AvgIpc) is 2.46. The second-order valence-corrected chi connectivity index (χ2v) is 4.77. The topological polar surface area (TPSA) is 38.7 Å². The number of rotatable bonds is 3. The fraction of sp³-hybridized carbons (Fsp3) is 0.0667. The van der Waals surface area contributed by atoms with E-state index in [1.807, 2.05) is 30.3 Å². The van der Waals surface area contributed by atoms with Gasteiger partial charge in [0.1, 0.15) is 0 Å². The van der Waals surface area contributed by atoms with Crippen LogP contribution in [0.2, 0.25) is 0 Å². The van der Waals surface area contributed by atoms with Crippen LogP contribution >= 0.6 is 15.9 Å². The molecule has 0 amide bonds. The van der Waals surface area contributed by atoms with Crippen molar-refractivity contribution in [2.45, 2.75) is 0 Å². The number of carbonyl (C=O) groups is 1. The number of nitrogens with zero attached hydrogens (tertiary/aromatic N) is 1. The van der Waals surface area contributed by atoms with Gasteiger partial charge in [0.15, 0.2) is 0 Å². The third-order valence-corrected chi connectivity index (χ3v) is 3.03. The van der Waals surface area contributed by atoms with Gasteiger partial charge in [0, 0.05) is 10.7 Å². The van der Waals surface area contributed by atoms with Crippen molar-refractivity contribution in [2.24, 2.45) is 4.99 Å². The zero-order chi connectivity index (χ0) is 13.7. The molecular weight excluding hydrogens is 306 g/mol. The van der Waals surface area contributed by atoms with Crippen molar-refractivity contribution in [3.63, 3.8) is 0 Å². The molecule has 3 nitrogen and oxygen atoms in total. The number of ether oxygens (including phenoxy) is 1. The summed E-state index contributed by atoms with van der Waals surface area (Å²) >= 11 is 3.38. The van der Waals surface area contributed by atoms with Crippen LogP contribution in [0.15, 0.2) is 58.0 Å². The highest BCUT2D eigenvalue weighted by Crippen LogP contribution is 2.15. The van der Waals surface area contributed by atoms with E-state index in [1.54, 1.807) is 24.4 Å². The molecule has 0 unspecified atom stereocenters. The van der Waals surface area contributed by atoms with Gasteiger partial charge in [-0.25, -0.2) is 4.79 Å². The molecule has 0 atom stereocenters. The standard InChI is InChI=1S/C15H12BrNO2/c1-19-15(18)12-3-2-4-14(9-12)17-10-11-5-7-13(16)8-6-11/h2-10H,1H3. The Balaban J connectivity index is 2.19. The van der Waals surface area contributed by atoms with Crippen LogP contribution in [-0.2, 0) is 4.74 Å². The molecule has 0 radical (unpaired) electrons. The minimum Gasteiger partial charge on any atom is -0.465 e. The van der Waals surface area contributed by atoms with E-state index in [9.17, 15) is 4.79 Å². The Bertz CT molecular complexity index is 606. The zero-order valence-electron chi connectivity index (χ0n) is 10.3. The first-order valence-electron chi connectivity index (χ1n) is 5.67. The maximum atomic E-state index is 11.4. The van der Waals surface area contributed by atoms with Gasteiger partial charge in [-0.3, -0.25) is 4.99 Å². The molecule has 2 aromatic carbocycles. The third-order valence-electron chi connectivity index (χ3n) is 2.50. The van der Waals surface area contributed by atoms with Gasteiger partial charge in [-0.05, 0) is 35.9 Å². The normalized spacial score (nSPS) is 10.6. The fourth-order valence-corrected chi connectivity index (χ4v) is 1.79. The van der Waals surface area contributed by atoms with Crippen molar-refractivity contribution >= 4 is 33.8 Å². The lowest BCUT2D eigenvalue weighted by Gasteiger charge is -2.00. The maximum absolute atomic E-state index is 11.4. The molecule has 2 rings (SSSR count). The third kappa shape index (κ3) is 3.76. The zero-order valence-corrected chi connectivity index (χ0v) is 11.9. The summed E-state index contributed by atoms with van der Waals surface area (Å²) in [5, 5.41) is 0. The molecule has 0 aliphatic rings. The van der Waals surface area contributed by atoms with Crippen LogP contribution in [0.4, 0.5) is 5.69 Å². The predicted octanol–water partition coefficient (Wildman–Crippen LogP) is 3.99. The molecule has 0 N–H and O–H groups in total. The Kier molecular flexibility index (Phi) is 4.47. The molecule has 0 saturated heterocycles.